The van der Waals surface area contributed by atoms with Crippen LogP contribution in [0, 0.1) is 0 Å². The summed E-state index contributed by atoms with van der Waals surface area (Å²) < 4.78 is 7.22. The molecule has 1 aromatic heterocycles. The zero-order chi connectivity index (χ0) is 12.4. The molecular weight excluding hydrogens is 366 g/mol. The van der Waals surface area contributed by atoms with Gasteiger partial charge in [-0.2, -0.15) is 0 Å². The van der Waals surface area contributed by atoms with Gasteiger partial charge in [0, 0.05) is 9.35 Å². The fourth-order valence-corrected chi connectivity index (χ4v) is 3.58. The maximum atomic E-state index is 6.24. The summed E-state index contributed by atoms with van der Waals surface area (Å²) in [5, 5.41) is 0. The van der Waals surface area contributed by atoms with E-state index in [2.05, 4.69) is 31.9 Å². The Bertz CT molecular complexity index is 527. The Hall–Kier alpha value is -0.360. The molecule has 2 aromatic rings. The van der Waals surface area contributed by atoms with E-state index in [1.807, 2.05) is 30.3 Å². The van der Waals surface area contributed by atoms with Gasteiger partial charge in [-0.25, -0.2) is 0 Å². The Balaban J connectivity index is 2.34. The van der Waals surface area contributed by atoms with Gasteiger partial charge in [0.1, 0.15) is 5.75 Å². The van der Waals surface area contributed by atoms with Gasteiger partial charge in [-0.15, -0.1) is 11.3 Å². The fourth-order valence-electron chi connectivity index (χ4n) is 1.54. The smallest absolute Gasteiger partial charge is 0.120 e. The lowest BCUT2D eigenvalue weighted by Gasteiger charge is -2.13. The normalized spacial score (nSPS) is 12.5. The third kappa shape index (κ3) is 2.91. The fraction of sp³-hybridized carbons (Fsp3) is 0.167. The number of thiophene rings is 1. The predicted molar refractivity (Wildman–Crippen MR) is 78.7 cm³/mol. The first-order valence-corrected chi connectivity index (χ1v) is 7.36. The Morgan fingerprint density at radius 3 is 2.53 bits per heavy atom. The van der Waals surface area contributed by atoms with Gasteiger partial charge < -0.3 is 10.5 Å². The molecule has 17 heavy (non-hydrogen) atoms. The average Bonchev–Trinajstić information content (AvgIpc) is 2.75. The summed E-state index contributed by atoms with van der Waals surface area (Å²) in [4.78, 5) is 1.13. The molecule has 0 fully saturated rings. The molecule has 0 aliphatic heterocycles. The highest BCUT2D eigenvalue weighted by Gasteiger charge is 2.14. The molecule has 0 bridgehead atoms. The highest BCUT2D eigenvalue weighted by Crippen LogP contribution is 2.34. The van der Waals surface area contributed by atoms with Crippen molar-refractivity contribution in [3.05, 3.63) is 49.0 Å². The number of ether oxygens (including phenoxy) is 1. The van der Waals surface area contributed by atoms with Gasteiger partial charge in [-0.1, -0.05) is 22.0 Å². The summed E-state index contributed by atoms with van der Waals surface area (Å²) in [7, 11) is 1.65. The van der Waals surface area contributed by atoms with E-state index in [-0.39, 0.29) is 6.04 Å². The first-order valence-electron chi connectivity index (χ1n) is 4.96. The number of halogens is 2. The van der Waals surface area contributed by atoms with Gasteiger partial charge in [0.15, 0.2) is 0 Å². The molecule has 0 aliphatic rings. The highest BCUT2D eigenvalue weighted by molar-refractivity contribution is 9.11. The van der Waals surface area contributed by atoms with Gasteiger partial charge >= 0.3 is 0 Å². The number of methoxy groups -OCH3 is 1. The highest BCUT2D eigenvalue weighted by atomic mass is 79.9. The van der Waals surface area contributed by atoms with Crippen molar-refractivity contribution < 1.29 is 4.74 Å². The van der Waals surface area contributed by atoms with Crippen LogP contribution < -0.4 is 10.5 Å². The molecule has 2 nitrogen and oxygen atoms in total. The second-order valence-electron chi connectivity index (χ2n) is 3.51. The van der Waals surface area contributed by atoms with Crippen LogP contribution in [0.25, 0.3) is 0 Å². The van der Waals surface area contributed by atoms with Gasteiger partial charge in [0.2, 0.25) is 0 Å². The molecule has 5 heteroatoms. The van der Waals surface area contributed by atoms with Crippen molar-refractivity contribution in [1.82, 2.24) is 0 Å². The first kappa shape index (κ1) is 13.1. The van der Waals surface area contributed by atoms with Crippen LogP contribution in [0.4, 0.5) is 0 Å². The van der Waals surface area contributed by atoms with Crippen molar-refractivity contribution in [3.8, 4) is 5.75 Å². The quantitative estimate of drug-likeness (QED) is 0.865. The summed E-state index contributed by atoms with van der Waals surface area (Å²) in [6.45, 7) is 0. The SMILES string of the molecule is COc1ccc(C(N)c2ccc(Br)s2)c(Br)c1. The number of rotatable bonds is 3. The Morgan fingerprint density at radius 1 is 1.24 bits per heavy atom. The molecule has 0 saturated carbocycles. The number of nitrogens with two attached hydrogens (primary N) is 1. The first-order chi connectivity index (χ1) is 8.11. The molecule has 1 aromatic carbocycles. The molecule has 1 unspecified atom stereocenters. The number of hydrogen-bond donors (Lipinski definition) is 1. The van der Waals surface area contributed by atoms with Crippen LogP contribution in [0.2, 0.25) is 0 Å². The van der Waals surface area contributed by atoms with Crippen molar-refractivity contribution in [2.24, 2.45) is 5.73 Å². The monoisotopic (exact) mass is 375 g/mol. The summed E-state index contributed by atoms with van der Waals surface area (Å²) in [6.07, 6.45) is 0. The summed E-state index contributed by atoms with van der Waals surface area (Å²) in [5.74, 6) is 0.820. The van der Waals surface area contributed by atoms with Crippen molar-refractivity contribution in [3.63, 3.8) is 0 Å². The molecule has 2 rings (SSSR count). The zero-order valence-corrected chi connectivity index (χ0v) is 13.1. The minimum absolute atomic E-state index is 0.119. The predicted octanol–water partition coefficient (Wildman–Crippen LogP) is 4.33. The van der Waals surface area contributed by atoms with Crippen LogP contribution in [0.1, 0.15) is 16.5 Å². The third-order valence-electron chi connectivity index (χ3n) is 2.44. The molecule has 2 N–H and O–H groups in total. The van der Waals surface area contributed by atoms with Gasteiger partial charge in [-0.3, -0.25) is 0 Å². The molecule has 0 radical (unpaired) electrons. The second-order valence-corrected chi connectivity index (χ2v) is 6.86. The van der Waals surface area contributed by atoms with Gasteiger partial charge in [-0.05, 0) is 45.8 Å². The molecule has 0 saturated heterocycles. The Kier molecular flexibility index (Phi) is 4.25. The van der Waals surface area contributed by atoms with Crippen LogP contribution >= 0.6 is 43.2 Å². The molecule has 0 spiro atoms. The van der Waals surface area contributed by atoms with Gasteiger partial charge in [0.25, 0.3) is 0 Å². The summed E-state index contributed by atoms with van der Waals surface area (Å²) >= 11 is 8.62. The Labute approximate surface area is 121 Å². The minimum Gasteiger partial charge on any atom is -0.497 e. The molecule has 90 valence electrons. The van der Waals surface area contributed by atoms with Crippen molar-refractivity contribution in [2.75, 3.05) is 7.11 Å². The zero-order valence-electron chi connectivity index (χ0n) is 9.11. The maximum Gasteiger partial charge on any atom is 0.120 e. The third-order valence-corrected chi connectivity index (χ3v) is 4.84. The van der Waals surface area contributed by atoms with E-state index >= 15 is 0 Å². The van der Waals surface area contributed by atoms with E-state index in [0.29, 0.717) is 0 Å². The van der Waals surface area contributed by atoms with Crippen LogP contribution in [0.15, 0.2) is 38.6 Å². The second kappa shape index (κ2) is 5.52. The topological polar surface area (TPSA) is 35.2 Å². The lowest BCUT2D eigenvalue weighted by Crippen LogP contribution is -2.10. The van der Waals surface area contributed by atoms with E-state index < -0.39 is 0 Å². The van der Waals surface area contributed by atoms with Crippen molar-refractivity contribution >= 4 is 43.2 Å². The minimum atomic E-state index is -0.119. The summed E-state index contributed by atoms with van der Waals surface area (Å²) in [5.41, 5.74) is 7.30. The van der Waals surface area contributed by atoms with E-state index in [4.69, 9.17) is 10.5 Å². The summed E-state index contributed by atoms with van der Waals surface area (Å²) in [6, 6.07) is 9.77. The maximum absolute atomic E-state index is 6.24. The average molecular weight is 377 g/mol. The van der Waals surface area contributed by atoms with Gasteiger partial charge in [0.05, 0.1) is 16.9 Å². The Morgan fingerprint density at radius 2 is 2.00 bits per heavy atom. The number of hydrogen-bond acceptors (Lipinski definition) is 3. The van der Waals surface area contributed by atoms with Crippen LogP contribution in [0.5, 0.6) is 5.75 Å². The van der Waals surface area contributed by atoms with E-state index in [0.717, 1.165) is 24.4 Å². The molecule has 1 heterocycles. The lowest BCUT2D eigenvalue weighted by atomic mass is 10.1. The van der Waals surface area contributed by atoms with Crippen LogP contribution in [-0.4, -0.2) is 7.11 Å². The molecular formula is C12H11Br2NOS. The lowest BCUT2D eigenvalue weighted by molar-refractivity contribution is 0.414. The molecule has 1 atom stereocenters. The largest absolute Gasteiger partial charge is 0.497 e. The van der Waals surface area contributed by atoms with Crippen molar-refractivity contribution in [2.45, 2.75) is 6.04 Å². The van der Waals surface area contributed by atoms with E-state index in [1.165, 1.54) is 0 Å². The van der Waals surface area contributed by atoms with Crippen LogP contribution in [-0.2, 0) is 0 Å². The molecule has 0 aliphatic carbocycles. The standard InChI is InChI=1S/C12H11Br2NOS/c1-16-7-2-3-8(9(13)6-7)12(15)10-4-5-11(14)17-10/h2-6,12H,15H2,1H3. The molecule has 0 amide bonds. The van der Waals surface area contributed by atoms with E-state index in [1.54, 1.807) is 18.4 Å². The number of benzene rings is 1. The van der Waals surface area contributed by atoms with Crippen molar-refractivity contribution in [1.29, 1.82) is 0 Å². The van der Waals surface area contributed by atoms with Crippen LogP contribution in [0.3, 0.4) is 0 Å². The van der Waals surface area contributed by atoms with E-state index in [9.17, 15) is 0 Å².